The molecule has 0 bridgehead atoms. The fourth-order valence-electron chi connectivity index (χ4n) is 2.89. The lowest BCUT2D eigenvalue weighted by Crippen LogP contribution is -2.21. The molecule has 0 atom stereocenters. The molecule has 0 radical (unpaired) electrons. The number of halogens is 3. The van der Waals surface area contributed by atoms with E-state index in [0.29, 0.717) is 22.3 Å². The van der Waals surface area contributed by atoms with E-state index in [2.05, 4.69) is 10.4 Å². The van der Waals surface area contributed by atoms with Gasteiger partial charge in [0.2, 0.25) is 0 Å². The van der Waals surface area contributed by atoms with Crippen molar-refractivity contribution in [3.05, 3.63) is 57.6 Å². The van der Waals surface area contributed by atoms with Gasteiger partial charge >= 0.3 is 0 Å². The van der Waals surface area contributed by atoms with Gasteiger partial charge in [-0.3, -0.25) is 4.79 Å². The lowest BCUT2D eigenvalue weighted by molar-refractivity contribution is 0.146. The summed E-state index contributed by atoms with van der Waals surface area (Å²) < 4.78 is 51.7. The van der Waals surface area contributed by atoms with Crippen molar-refractivity contribution in [2.45, 2.75) is 13.0 Å². The van der Waals surface area contributed by atoms with Crippen LogP contribution in [0.4, 0.5) is 19.0 Å². The molecule has 148 valence electrons. The van der Waals surface area contributed by atoms with E-state index in [0.717, 1.165) is 10.7 Å². The van der Waals surface area contributed by atoms with E-state index in [1.807, 2.05) is 0 Å². The number of anilines is 1. The highest BCUT2D eigenvalue weighted by Crippen LogP contribution is 2.33. The van der Waals surface area contributed by atoms with E-state index < -0.39 is 17.8 Å². The lowest BCUT2D eigenvalue weighted by Gasteiger charge is -2.14. The monoisotopic (exact) mass is 393 g/mol. The van der Waals surface area contributed by atoms with E-state index in [9.17, 15) is 18.0 Å². The van der Waals surface area contributed by atoms with Crippen molar-refractivity contribution in [3.8, 4) is 11.5 Å². The van der Waals surface area contributed by atoms with Gasteiger partial charge < -0.3 is 14.8 Å². The molecular weight excluding hydrogens is 375 g/mol. The van der Waals surface area contributed by atoms with Gasteiger partial charge in [-0.15, -0.1) is 0 Å². The van der Waals surface area contributed by atoms with Crippen LogP contribution in [0.25, 0.3) is 10.8 Å². The van der Waals surface area contributed by atoms with Gasteiger partial charge in [-0.25, -0.2) is 17.9 Å². The highest BCUT2D eigenvalue weighted by molar-refractivity contribution is 5.93. The molecule has 0 spiro atoms. The maximum absolute atomic E-state index is 14.3. The Morgan fingerprint density at radius 2 is 1.79 bits per heavy atom. The van der Waals surface area contributed by atoms with E-state index in [-0.39, 0.29) is 23.5 Å². The van der Waals surface area contributed by atoms with Crippen LogP contribution in [0.1, 0.15) is 17.6 Å². The molecule has 0 saturated heterocycles. The van der Waals surface area contributed by atoms with E-state index in [1.54, 1.807) is 6.07 Å². The number of benzene rings is 2. The molecule has 1 aromatic heterocycles. The minimum absolute atomic E-state index is 0.0575. The van der Waals surface area contributed by atoms with Crippen molar-refractivity contribution >= 4 is 16.6 Å². The third-order valence-electron chi connectivity index (χ3n) is 4.34. The molecular formula is C19H18F3N3O3. The van der Waals surface area contributed by atoms with Crippen molar-refractivity contribution in [1.82, 2.24) is 9.78 Å². The smallest absolute Gasteiger partial charge is 0.274 e. The van der Waals surface area contributed by atoms with Gasteiger partial charge in [0.25, 0.3) is 12.0 Å². The third-order valence-corrected chi connectivity index (χ3v) is 4.34. The van der Waals surface area contributed by atoms with Gasteiger partial charge in [-0.2, -0.15) is 5.10 Å². The normalized spacial score (nSPS) is 11.1. The van der Waals surface area contributed by atoms with Gasteiger partial charge in [-0.1, -0.05) is 18.2 Å². The Bertz CT molecular complexity index is 1080. The molecule has 0 unspecified atom stereocenters. The summed E-state index contributed by atoms with van der Waals surface area (Å²) in [4.78, 5) is 12.4. The topological polar surface area (TPSA) is 65.4 Å². The predicted octanol–water partition coefficient (Wildman–Crippen LogP) is 3.64. The van der Waals surface area contributed by atoms with E-state index in [4.69, 9.17) is 9.47 Å². The van der Waals surface area contributed by atoms with Crippen LogP contribution >= 0.6 is 0 Å². The Hall–Kier alpha value is -3.23. The van der Waals surface area contributed by atoms with Crippen molar-refractivity contribution < 1.29 is 22.6 Å². The second-order valence-electron chi connectivity index (χ2n) is 6.00. The summed E-state index contributed by atoms with van der Waals surface area (Å²) in [5, 5.41) is 7.83. The highest BCUT2D eigenvalue weighted by Gasteiger charge is 2.18. The third kappa shape index (κ3) is 3.47. The number of rotatable bonds is 6. The minimum atomic E-state index is -2.91. The molecule has 0 fully saturated rings. The predicted molar refractivity (Wildman–Crippen MR) is 98.8 cm³/mol. The molecule has 3 aromatic rings. The van der Waals surface area contributed by atoms with Crippen LogP contribution in [0.15, 0.2) is 35.1 Å². The second-order valence-corrected chi connectivity index (χ2v) is 6.00. The molecule has 0 aliphatic rings. The van der Waals surface area contributed by atoms with E-state index in [1.165, 1.54) is 39.5 Å². The largest absolute Gasteiger partial charge is 0.493 e. The summed E-state index contributed by atoms with van der Waals surface area (Å²) in [6.45, 7) is -0.0962. The van der Waals surface area contributed by atoms with Crippen LogP contribution in [0.2, 0.25) is 0 Å². The minimum Gasteiger partial charge on any atom is -0.493 e. The summed E-state index contributed by atoms with van der Waals surface area (Å²) in [5.41, 5.74) is -0.960. The molecule has 1 N–H and O–H groups in total. The molecule has 3 rings (SSSR count). The van der Waals surface area contributed by atoms with Crippen LogP contribution in [0.5, 0.6) is 11.5 Å². The summed E-state index contributed by atoms with van der Waals surface area (Å²) in [6, 6.07) is 6.92. The SMILES string of the molecule is COc1cc2c(NCc3cccc(C(F)F)c3F)nn(C)c(=O)c2cc1OC. The summed E-state index contributed by atoms with van der Waals surface area (Å²) in [5.74, 6) is 0.0668. The maximum Gasteiger partial charge on any atom is 0.274 e. The van der Waals surface area contributed by atoms with Gasteiger partial charge in [-0.05, 0) is 12.1 Å². The Morgan fingerprint density at radius 3 is 2.39 bits per heavy atom. The van der Waals surface area contributed by atoms with Gasteiger partial charge in [0.15, 0.2) is 17.3 Å². The summed E-state index contributed by atoms with van der Waals surface area (Å²) in [7, 11) is 4.38. The number of aromatic nitrogens is 2. The Balaban J connectivity index is 2.05. The number of alkyl halides is 2. The number of aryl methyl sites for hydroxylation is 1. The summed E-state index contributed by atoms with van der Waals surface area (Å²) in [6.07, 6.45) is -2.91. The molecule has 6 nitrogen and oxygen atoms in total. The Morgan fingerprint density at radius 1 is 1.14 bits per heavy atom. The molecule has 0 amide bonds. The first-order valence-electron chi connectivity index (χ1n) is 8.29. The average molecular weight is 393 g/mol. The first-order chi connectivity index (χ1) is 13.4. The number of fused-ring (bicyclic) bond motifs is 1. The van der Waals surface area contributed by atoms with Crippen LogP contribution in [-0.4, -0.2) is 24.0 Å². The molecule has 2 aromatic carbocycles. The van der Waals surface area contributed by atoms with Crippen molar-refractivity contribution in [1.29, 1.82) is 0 Å². The lowest BCUT2D eigenvalue weighted by atomic mass is 10.1. The molecule has 0 aliphatic carbocycles. The molecule has 1 heterocycles. The van der Waals surface area contributed by atoms with Crippen LogP contribution in [-0.2, 0) is 13.6 Å². The number of nitrogens with zero attached hydrogens (tertiary/aromatic N) is 2. The number of hydrogen-bond acceptors (Lipinski definition) is 5. The zero-order valence-corrected chi connectivity index (χ0v) is 15.4. The first kappa shape index (κ1) is 19.5. The number of nitrogens with one attached hydrogen (secondary N) is 1. The number of hydrogen-bond donors (Lipinski definition) is 1. The van der Waals surface area contributed by atoms with Crippen LogP contribution < -0.4 is 20.3 Å². The quantitative estimate of drug-likeness (QED) is 0.693. The standard InChI is InChI=1S/C19H18F3N3O3/c1-25-19(26)13-8-15(28-3)14(27-2)7-12(13)18(24-25)23-9-10-5-4-6-11(16(10)20)17(21)22/h4-8,17H,9H2,1-3H3,(H,23,24). The van der Waals surface area contributed by atoms with E-state index >= 15 is 0 Å². The highest BCUT2D eigenvalue weighted by atomic mass is 19.3. The van der Waals surface area contributed by atoms with Crippen LogP contribution in [0.3, 0.4) is 0 Å². The van der Waals surface area contributed by atoms with Crippen molar-refractivity contribution in [2.24, 2.45) is 7.05 Å². The van der Waals surface area contributed by atoms with Gasteiger partial charge in [0, 0.05) is 24.5 Å². The molecule has 0 aliphatic heterocycles. The fraction of sp³-hybridized carbons (Fsp3) is 0.263. The zero-order valence-electron chi connectivity index (χ0n) is 15.4. The Labute approximate surface area is 158 Å². The number of methoxy groups -OCH3 is 2. The number of ether oxygens (including phenoxy) is 2. The van der Waals surface area contributed by atoms with Crippen molar-refractivity contribution in [2.75, 3.05) is 19.5 Å². The zero-order chi connectivity index (χ0) is 20.4. The van der Waals surface area contributed by atoms with Gasteiger partial charge in [0.1, 0.15) is 5.82 Å². The average Bonchev–Trinajstić information content (AvgIpc) is 2.69. The molecule has 9 heteroatoms. The van der Waals surface area contributed by atoms with Crippen molar-refractivity contribution in [3.63, 3.8) is 0 Å². The first-order valence-corrected chi connectivity index (χ1v) is 8.29. The molecule has 28 heavy (non-hydrogen) atoms. The second kappa shape index (κ2) is 7.79. The Kier molecular flexibility index (Phi) is 5.43. The molecule has 0 saturated carbocycles. The van der Waals surface area contributed by atoms with Crippen LogP contribution in [0, 0.1) is 5.82 Å². The maximum atomic E-state index is 14.3. The summed E-state index contributed by atoms with van der Waals surface area (Å²) >= 11 is 0. The fourth-order valence-corrected chi connectivity index (χ4v) is 2.89. The van der Waals surface area contributed by atoms with Gasteiger partial charge in [0.05, 0.1) is 25.2 Å².